The molecule has 0 aliphatic heterocycles. The van der Waals surface area contributed by atoms with E-state index in [2.05, 4.69) is 5.32 Å². The molecule has 0 aromatic heterocycles. The largest absolute Gasteiger partial charge is 0.418 e. The second-order valence-corrected chi connectivity index (χ2v) is 3.86. The van der Waals surface area contributed by atoms with Crippen molar-refractivity contribution in [3.8, 4) is 0 Å². The van der Waals surface area contributed by atoms with Gasteiger partial charge in [0.2, 0.25) is 0 Å². The van der Waals surface area contributed by atoms with Crippen molar-refractivity contribution in [3.05, 3.63) is 28.8 Å². The number of hydrogen-bond donors (Lipinski definition) is 1. The molecule has 1 nitrogen and oxygen atoms in total. The molecule has 0 saturated carbocycles. The van der Waals surface area contributed by atoms with Crippen LogP contribution in [0.3, 0.4) is 0 Å². The SMILES string of the molecule is FC(F)(F)CCNc1c(Cl)cccc1C(F)(F)F. The van der Waals surface area contributed by atoms with Crippen molar-refractivity contribution in [2.75, 3.05) is 11.9 Å². The van der Waals surface area contributed by atoms with Crippen molar-refractivity contribution in [2.45, 2.75) is 18.8 Å². The number of anilines is 1. The van der Waals surface area contributed by atoms with E-state index in [0.717, 1.165) is 12.1 Å². The number of alkyl halides is 6. The molecule has 0 spiro atoms. The molecule has 0 aliphatic carbocycles. The highest BCUT2D eigenvalue weighted by atomic mass is 35.5. The minimum absolute atomic E-state index is 0.271. The normalized spacial score (nSPS) is 12.6. The van der Waals surface area contributed by atoms with Gasteiger partial charge in [-0.2, -0.15) is 26.3 Å². The van der Waals surface area contributed by atoms with Gasteiger partial charge in [0, 0.05) is 6.54 Å². The zero-order chi connectivity index (χ0) is 14.0. The molecule has 102 valence electrons. The van der Waals surface area contributed by atoms with Gasteiger partial charge in [-0.25, -0.2) is 0 Å². The predicted octanol–water partition coefficient (Wildman–Crippen LogP) is 4.72. The molecule has 8 heteroatoms. The molecule has 18 heavy (non-hydrogen) atoms. The second kappa shape index (κ2) is 5.26. The zero-order valence-electron chi connectivity index (χ0n) is 8.79. The number of rotatable bonds is 3. The molecule has 0 bridgehead atoms. The van der Waals surface area contributed by atoms with E-state index in [1.807, 2.05) is 0 Å². The first-order valence-corrected chi connectivity index (χ1v) is 5.15. The van der Waals surface area contributed by atoms with Crippen LogP contribution in [0.4, 0.5) is 32.0 Å². The number of nitrogens with one attached hydrogen (secondary N) is 1. The Labute approximate surface area is 104 Å². The highest BCUT2D eigenvalue weighted by Gasteiger charge is 2.34. The van der Waals surface area contributed by atoms with Crippen LogP contribution in [0, 0.1) is 0 Å². The molecular formula is C10H8ClF6N. The van der Waals surface area contributed by atoms with Crippen LogP contribution < -0.4 is 5.32 Å². The summed E-state index contributed by atoms with van der Waals surface area (Å²) in [5.41, 5.74) is -1.62. The summed E-state index contributed by atoms with van der Waals surface area (Å²) in [6, 6.07) is 3.01. The van der Waals surface area contributed by atoms with Gasteiger partial charge >= 0.3 is 12.4 Å². The number of halogens is 7. The van der Waals surface area contributed by atoms with Gasteiger partial charge in [-0.3, -0.25) is 0 Å². The third-order valence-electron chi connectivity index (χ3n) is 2.03. The van der Waals surface area contributed by atoms with E-state index in [4.69, 9.17) is 11.6 Å². The molecule has 0 atom stereocenters. The van der Waals surface area contributed by atoms with E-state index >= 15 is 0 Å². The first kappa shape index (κ1) is 14.9. The van der Waals surface area contributed by atoms with Crippen LogP contribution in [-0.4, -0.2) is 12.7 Å². The highest BCUT2D eigenvalue weighted by Crippen LogP contribution is 2.38. The van der Waals surface area contributed by atoms with E-state index in [1.54, 1.807) is 0 Å². The molecular weight excluding hydrogens is 284 g/mol. The lowest BCUT2D eigenvalue weighted by Gasteiger charge is -2.16. The summed E-state index contributed by atoms with van der Waals surface area (Å²) in [6.07, 6.45) is -10.4. The van der Waals surface area contributed by atoms with E-state index in [0.29, 0.717) is 0 Å². The minimum atomic E-state index is -4.68. The van der Waals surface area contributed by atoms with Crippen molar-refractivity contribution < 1.29 is 26.3 Å². The van der Waals surface area contributed by atoms with Crippen LogP contribution in [0.5, 0.6) is 0 Å². The first-order chi connectivity index (χ1) is 8.11. The van der Waals surface area contributed by atoms with E-state index in [1.165, 1.54) is 6.07 Å². The fourth-order valence-electron chi connectivity index (χ4n) is 1.27. The third-order valence-corrected chi connectivity index (χ3v) is 2.34. The summed E-state index contributed by atoms with van der Waals surface area (Å²) in [7, 11) is 0. The maximum Gasteiger partial charge on any atom is 0.418 e. The molecule has 1 aromatic carbocycles. The molecule has 1 rings (SSSR count). The van der Waals surface area contributed by atoms with Gasteiger partial charge in [-0.05, 0) is 12.1 Å². The molecule has 0 amide bonds. The van der Waals surface area contributed by atoms with E-state index < -0.39 is 36.6 Å². The molecule has 0 saturated heterocycles. The van der Waals surface area contributed by atoms with Gasteiger partial charge in [0.1, 0.15) is 0 Å². The van der Waals surface area contributed by atoms with Crippen molar-refractivity contribution in [1.29, 1.82) is 0 Å². The fraction of sp³-hybridized carbons (Fsp3) is 0.400. The Morgan fingerprint density at radius 2 is 1.67 bits per heavy atom. The van der Waals surface area contributed by atoms with Crippen molar-refractivity contribution in [1.82, 2.24) is 0 Å². The van der Waals surface area contributed by atoms with E-state index in [-0.39, 0.29) is 5.02 Å². The topological polar surface area (TPSA) is 12.0 Å². The molecule has 1 aromatic rings. The van der Waals surface area contributed by atoms with Crippen LogP contribution in [0.1, 0.15) is 12.0 Å². The van der Waals surface area contributed by atoms with Crippen LogP contribution in [0.2, 0.25) is 5.02 Å². The lowest BCUT2D eigenvalue weighted by molar-refractivity contribution is -0.137. The Morgan fingerprint density at radius 1 is 1.06 bits per heavy atom. The Kier molecular flexibility index (Phi) is 4.37. The predicted molar refractivity (Wildman–Crippen MR) is 55.6 cm³/mol. The van der Waals surface area contributed by atoms with Gasteiger partial charge in [0.25, 0.3) is 0 Å². The number of hydrogen-bond acceptors (Lipinski definition) is 1. The maximum atomic E-state index is 12.6. The average molecular weight is 292 g/mol. The number of benzene rings is 1. The molecule has 0 aliphatic rings. The second-order valence-electron chi connectivity index (χ2n) is 3.45. The van der Waals surface area contributed by atoms with Gasteiger partial charge in [0.15, 0.2) is 0 Å². The Hall–Kier alpha value is -1.11. The molecule has 0 heterocycles. The lowest BCUT2D eigenvalue weighted by atomic mass is 10.1. The molecule has 1 N–H and O–H groups in total. The summed E-state index contributed by atoms with van der Waals surface area (Å²) in [5.74, 6) is 0. The van der Waals surface area contributed by atoms with Gasteiger partial charge in [-0.1, -0.05) is 17.7 Å². The van der Waals surface area contributed by atoms with Crippen LogP contribution in [0.15, 0.2) is 18.2 Å². The Bertz CT molecular complexity index is 412. The minimum Gasteiger partial charge on any atom is -0.383 e. The standard InChI is InChI=1S/C10H8ClF6N/c11-7-3-1-2-6(10(15,16)17)8(7)18-5-4-9(12,13)14/h1-3,18H,4-5H2. The Morgan fingerprint density at radius 3 is 2.17 bits per heavy atom. The van der Waals surface area contributed by atoms with Gasteiger partial charge in [0.05, 0.1) is 22.7 Å². The van der Waals surface area contributed by atoms with Crippen molar-refractivity contribution in [2.24, 2.45) is 0 Å². The maximum absolute atomic E-state index is 12.6. The summed E-state index contributed by atoms with van der Waals surface area (Å²) in [4.78, 5) is 0. The zero-order valence-corrected chi connectivity index (χ0v) is 9.55. The smallest absolute Gasteiger partial charge is 0.383 e. The van der Waals surface area contributed by atoms with E-state index in [9.17, 15) is 26.3 Å². The number of para-hydroxylation sites is 1. The van der Waals surface area contributed by atoms with Crippen molar-refractivity contribution >= 4 is 17.3 Å². The summed E-state index contributed by atoms with van der Waals surface area (Å²) < 4.78 is 73.4. The van der Waals surface area contributed by atoms with Gasteiger partial charge < -0.3 is 5.32 Å². The monoisotopic (exact) mass is 291 g/mol. The summed E-state index contributed by atoms with van der Waals surface area (Å²) >= 11 is 5.54. The fourth-order valence-corrected chi connectivity index (χ4v) is 1.51. The average Bonchev–Trinajstić information content (AvgIpc) is 2.16. The Balaban J connectivity index is 2.88. The van der Waals surface area contributed by atoms with Crippen LogP contribution >= 0.6 is 11.6 Å². The van der Waals surface area contributed by atoms with Gasteiger partial charge in [-0.15, -0.1) is 0 Å². The molecule has 0 unspecified atom stereocenters. The highest BCUT2D eigenvalue weighted by molar-refractivity contribution is 6.33. The quantitative estimate of drug-likeness (QED) is 0.794. The third kappa shape index (κ3) is 4.29. The van der Waals surface area contributed by atoms with Crippen LogP contribution in [-0.2, 0) is 6.18 Å². The molecule has 0 fully saturated rings. The first-order valence-electron chi connectivity index (χ1n) is 4.77. The van der Waals surface area contributed by atoms with Crippen molar-refractivity contribution in [3.63, 3.8) is 0 Å². The lowest BCUT2D eigenvalue weighted by Crippen LogP contribution is -2.17. The van der Waals surface area contributed by atoms with Crippen LogP contribution in [0.25, 0.3) is 0 Å². The summed E-state index contributed by atoms with van der Waals surface area (Å²) in [5, 5.41) is 1.80. The summed E-state index contributed by atoms with van der Waals surface area (Å²) in [6.45, 7) is -0.670. The molecule has 0 radical (unpaired) electrons.